The molecule has 2 nitrogen and oxygen atoms in total. The number of hydrogen-bond donors (Lipinski definition) is 0. The Kier molecular flexibility index (Phi) is 4.07. The number of hydrogen-bond acceptors (Lipinski definition) is 2. The first-order chi connectivity index (χ1) is 8.55. The molecule has 1 aliphatic carbocycles. The average Bonchev–Trinajstić information content (AvgIpc) is 2.49. The molecule has 0 saturated heterocycles. The maximum absolute atomic E-state index is 9.75. The van der Waals surface area contributed by atoms with Crippen LogP contribution in [-0.2, 0) is 5.41 Å². The monoisotopic (exact) mass is 306 g/mol. The largest absolute Gasteiger partial charge is 0.263 e. The van der Waals surface area contributed by atoms with E-state index in [1.165, 1.54) is 12.8 Å². The molecule has 2 atom stereocenters. The molecule has 1 aromatic heterocycles. The Morgan fingerprint density at radius 3 is 2.39 bits per heavy atom. The summed E-state index contributed by atoms with van der Waals surface area (Å²) in [6.07, 6.45) is 7.99. The molecular formula is C15H19BrN2. The molecule has 0 aromatic carbocycles. The zero-order chi connectivity index (χ0) is 13.2. The fourth-order valence-corrected chi connectivity index (χ4v) is 3.48. The van der Waals surface area contributed by atoms with Gasteiger partial charge in [0, 0.05) is 16.9 Å². The first kappa shape index (κ1) is 13.5. The van der Waals surface area contributed by atoms with Crippen molar-refractivity contribution in [3.63, 3.8) is 0 Å². The molecule has 0 spiro atoms. The summed E-state index contributed by atoms with van der Waals surface area (Å²) in [5.74, 6) is 1.21. The van der Waals surface area contributed by atoms with Crippen molar-refractivity contribution in [3.8, 4) is 6.07 Å². The molecule has 2 rings (SSSR count). The first-order valence-electron chi connectivity index (χ1n) is 6.58. The molecule has 1 saturated carbocycles. The van der Waals surface area contributed by atoms with Gasteiger partial charge in [0.1, 0.15) is 0 Å². The molecule has 1 aromatic rings. The summed E-state index contributed by atoms with van der Waals surface area (Å²) >= 11 is 3.46. The zero-order valence-electron chi connectivity index (χ0n) is 11.0. The average molecular weight is 307 g/mol. The summed E-state index contributed by atoms with van der Waals surface area (Å²) in [5.41, 5.74) is 0.714. The van der Waals surface area contributed by atoms with Gasteiger partial charge in [-0.3, -0.25) is 4.98 Å². The van der Waals surface area contributed by atoms with Crippen LogP contribution in [-0.4, -0.2) is 4.98 Å². The van der Waals surface area contributed by atoms with E-state index in [9.17, 15) is 5.26 Å². The summed E-state index contributed by atoms with van der Waals surface area (Å²) in [5, 5.41) is 9.75. The van der Waals surface area contributed by atoms with Gasteiger partial charge in [0.25, 0.3) is 0 Å². The van der Waals surface area contributed by atoms with Gasteiger partial charge in [0.05, 0.1) is 11.5 Å². The minimum Gasteiger partial charge on any atom is -0.263 e. The van der Waals surface area contributed by atoms with Crippen LogP contribution in [0, 0.1) is 23.2 Å². The van der Waals surface area contributed by atoms with E-state index < -0.39 is 0 Å². The Bertz CT molecular complexity index is 452. The Morgan fingerprint density at radius 2 is 1.89 bits per heavy atom. The van der Waals surface area contributed by atoms with E-state index in [1.807, 2.05) is 6.20 Å². The Labute approximate surface area is 118 Å². The lowest BCUT2D eigenvalue weighted by atomic mass is 9.72. The molecule has 0 aliphatic heterocycles. The van der Waals surface area contributed by atoms with E-state index in [4.69, 9.17) is 0 Å². The summed E-state index contributed by atoms with van der Waals surface area (Å²) in [7, 11) is 0. The molecule has 2 unspecified atom stereocenters. The quantitative estimate of drug-likeness (QED) is 0.719. The topological polar surface area (TPSA) is 36.7 Å². The van der Waals surface area contributed by atoms with Gasteiger partial charge in [-0.1, -0.05) is 26.7 Å². The second-order valence-electron chi connectivity index (χ2n) is 5.78. The summed E-state index contributed by atoms with van der Waals surface area (Å²) < 4.78 is 0.958. The number of halogens is 1. The van der Waals surface area contributed by atoms with Gasteiger partial charge in [-0.25, -0.2) is 0 Å². The van der Waals surface area contributed by atoms with E-state index in [0.717, 1.165) is 22.9 Å². The van der Waals surface area contributed by atoms with Gasteiger partial charge in [-0.2, -0.15) is 5.26 Å². The molecule has 3 heteroatoms. The summed E-state index contributed by atoms with van der Waals surface area (Å²) in [6, 6.07) is 4.66. The fraction of sp³-hybridized carbons (Fsp3) is 0.600. The van der Waals surface area contributed by atoms with Gasteiger partial charge in [-0.05, 0) is 52.2 Å². The standard InChI is InChI=1S/C15H19BrN2/c1-11-3-4-12(2)7-15(6-11,10-17)13-5-14(16)9-18-8-13/h5,8-9,11-12H,3-4,6-7H2,1-2H3. The number of pyridine rings is 1. The minimum absolute atomic E-state index is 0.355. The van der Waals surface area contributed by atoms with Crippen LogP contribution in [0.2, 0.25) is 0 Å². The van der Waals surface area contributed by atoms with Gasteiger partial charge < -0.3 is 0 Å². The molecule has 0 bridgehead atoms. The van der Waals surface area contributed by atoms with Crippen molar-refractivity contribution >= 4 is 15.9 Å². The molecule has 1 aliphatic rings. The number of aromatic nitrogens is 1. The first-order valence-corrected chi connectivity index (χ1v) is 7.37. The van der Waals surface area contributed by atoms with Gasteiger partial charge in [-0.15, -0.1) is 0 Å². The SMILES string of the molecule is CC1CCC(C)CC(C#N)(c2cncc(Br)c2)C1. The van der Waals surface area contributed by atoms with Crippen LogP contribution in [0.25, 0.3) is 0 Å². The minimum atomic E-state index is -0.355. The van der Waals surface area contributed by atoms with Crippen LogP contribution in [0.5, 0.6) is 0 Å². The highest BCUT2D eigenvalue weighted by molar-refractivity contribution is 9.10. The van der Waals surface area contributed by atoms with Crippen LogP contribution in [0.1, 0.15) is 45.1 Å². The second-order valence-corrected chi connectivity index (χ2v) is 6.70. The Balaban J connectivity index is 2.43. The van der Waals surface area contributed by atoms with Crippen LogP contribution >= 0.6 is 15.9 Å². The highest BCUT2D eigenvalue weighted by Gasteiger charge is 2.38. The smallest absolute Gasteiger partial charge is 0.0842 e. The van der Waals surface area contributed by atoms with Crippen LogP contribution in [0.4, 0.5) is 0 Å². The van der Waals surface area contributed by atoms with Crippen molar-refractivity contribution in [3.05, 3.63) is 28.5 Å². The van der Waals surface area contributed by atoms with Crippen molar-refractivity contribution in [2.75, 3.05) is 0 Å². The third-order valence-electron chi connectivity index (χ3n) is 4.02. The number of nitrogens with zero attached hydrogens (tertiary/aromatic N) is 2. The van der Waals surface area contributed by atoms with E-state index >= 15 is 0 Å². The van der Waals surface area contributed by atoms with E-state index in [0.29, 0.717) is 11.8 Å². The van der Waals surface area contributed by atoms with Gasteiger partial charge >= 0.3 is 0 Å². The third kappa shape index (κ3) is 2.75. The van der Waals surface area contributed by atoms with Crippen LogP contribution in [0.3, 0.4) is 0 Å². The third-order valence-corrected chi connectivity index (χ3v) is 4.45. The Hall–Kier alpha value is -0.880. The molecule has 18 heavy (non-hydrogen) atoms. The highest BCUT2D eigenvalue weighted by atomic mass is 79.9. The second kappa shape index (κ2) is 5.40. The molecule has 0 radical (unpaired) electrons. The molecular weight excluding hydrogens is 288 g/mol. The Morgan fingerprint density at radius 1 is 1.28 bits per heavy atom. The van der Waals surface area contributed by atoms with Crippen molar-refractivity contribution in [2.24, 2.45) is 11.8 Å². The van der Waals surface area contributed by atoms with Gasteiger partial charge in [0.15, 0.2) is 0 Å². The number of nitriles is 1. The van der Waals surface area contributed by atoms with Gasteiger partial charge in [0.2, 0.25) is 0 Å². The highest BCUT2D eigenvalue weighted by Crippen LogP contribution is 2.42. The van der Waals surface area contributed by atoms with Crippen molar-refractivity contribution < 1.29 is 0 Å². The van der Waals surface area contributed by atoms with Crippen molar-refractivity contribution in [1.82, 2.24) is 4.98 Å². The summed E-state index contributed by atoms with van der Waals surface area (Å²) in [6.45, 7) is 4.52. The van der Waals surface area contributed by atoms with E-state index in [2.05, 4.69) is 46.9 Å². The number of rotatable bonds is 1. The van der Waals surface area contributed by atoms with Crippen molar-refractivity contribution in [2.45, 2.75) is 44.9 Å². The predicted molar refractivity (Wildman–Crippen MR) is 76.0 cm³/mol. The zero-order valence-corrected chi connectivity index (χ0v) is 12.6. The van der Waals surface area contributed by atoms with E-state index in [1.54, 1.807) is 6.20 Å². The fourth-order valence-electron chi connectivity index (χ4n) is 3.11. The van der Waals surface area contributed by atoms with E-state index in [-0.39, 0.29) is 5.41 Å². The summed E-state index contributed by atoms with van der Waals surface area (Å²) in [4.78, 5) is 4.24. The molecule has 1 fully saturated rings. The van der Waals surface area contributed by atoms with Crippen LogP contribution in [0.15, 0.2) is 22.9 Å². The lowest BCUT2D eigenvalue weighted by Crippen LogP contribution is -2.27. The lowest BCUT2D eigenvalue weighted by Gasteiger charge is -2.28. The molecule has 0 N–H and O–H groups in total. The van der Waals surface area contributed by atoms with Crippen molar-refractivity contribution in [1.29, 1.82) is 5.26 Å². The molecule has 1 heterocycles. The predicted octanol–water partition coefficient (Wildman–Crippen LogP) is 4.45. The van der Waals surface area contributed by atoms with Crippen LogP contribution < -0.4 is 0 Å². The maximum atomic E-state index is 9.75. The molecule has 0 amide bonds. The normalized spacial score (nSPS) is 32.6. The molecule has 96 valence electrons. The lowest BCUT2D eigenvalue weighted by molar-refractivity contribution is 0.382. The maximum Gasteiger partial charge on any atom is 0.0842 e.